The van der Waals surface area contributed by atoms with Gasteiger partial charge in [0, 0.05) is 35.4 Å². The van der Waals surface area contributed by atoms with E-state index in [0.717, 1.165) is 12.5 Å². The Morgan fingerprint density at radius 2 is 1.64 bits per heavy atom. The molecule has 5 rings (SSSR count). The third-order valence-electron chi connectivity index (χ3n) is 6.45. The first kappa shape index (κ1) is 31.2. The molecule has 0 amide bonds. The van der Waals surface area contributed by atoms with Crippen LogP contribution in [0.3, 0.4) is 0 Å². The number of ketones is 1. The zero-order valence-electron chi connectivity index (χ0n) is 25.0. The molecule has 2 aromatic carbocycles. The van der Waals surface area contributed by atoms with Gasteiger partial charge < -0.3 is 0 Å². The van der Waals surface area contributed by atoms with E-state index in [0.29, 0.717) is 55.2 Å². The highest BCUT2D eigenvalue weighted by atomic mass is 32.2. The van der Waals surface area contributed by atoms with Crippen LogP contribution in [-0.4, -0.2) is 59.9 Å². The number of fused-ring (bicyclic) bond motifs is 1. The van der Waals surface area contributed by atoms with Crippen LogP contribution in [0.4, 0.5) is 17.1 Å². The van der Waals surface area contributed by atoms with E-state index in [4.69, 9.17) is 0 Å². The van der Waals surface area contributed by atoms with Gasteiger partial charge in [0.1, 0.15) is 10.7 Å². The van der Waals surface area contributed by atoms with Crippen molar-refractivity contribution in [3.63, 3.8) is 0 Å². The van der Waals surface area contributed by atoms with Crippen LogP contribution in [0, 0.1) is 6.92 Å². The van der Waals surface area contributed by atoms with E-state index in [1.54, 1.807) is 43.3 Å². The number of hydrogen-bond donors (Lipinski definition) is 2. The number of anilines is 1. The van der Waals surface area contributed by atoms with Crippen molar-refractivity contribution in [2.45, 2.75) is 44.9 Å². The van der Waals surface area contributed by atoms with Gasteiger partial charge in [-0.1, -0.05) is 20.8 Å². The van der Waals surface area contributed by atoms with Gasteiger partial charge in [-0.05, 0) is 49.4 Å². The highest BCUT2D eigenvalue weighted by Crippen LogP contribution is 2.38. The number of hydrogen-bond acceptors (Lipinski definition) is 11. The summed E-state index contributed by atoms with van der Waals surface area (Å²) in [5, 5.41) is 17.1. The van der Waals surface area contributed by atoms with Crippen LogP contribution in [0.5, 0.6) is 0 Å². The molecular weight excluding hydrogens is 625 g/mol. The Balaban J connectivity index is 1.57. The van der Waals surface area contributed by atoms with Crippen molar-refractivity contribution >= 4 is 59.7 Å². The molecular formula is C28H30N8O5S3. The van der Waals surface area contributed by atoms with Crippen molar-refractivity contribution in [2.24, 2.45) is 10.2 Å². The SMILES string of the molecule is CC(=O)c1sc(-c2ccc(N=Nc3c(C(C)(C)C)[nH]n4nc(-c5ccc(NS(C)(=O)=O)cc5)nc34)c(S(C)(=O)=O)c2)nc1C. The monoisotopic (exact) mass is 654 g/mol. The molecule has 0 atom stereocenters. The maximum absolute atomic E-state index is 12.8. The number of azo groups is 1. The molecule has 0 aliphatic carbocycles. The van der Waals surface area contributed by atoms with Crippen molar-refractivity contribution in [1.29, 1.82) is 0 Å². The van der Waals surface area contributed by atoms with E-state index in [1.165, 1.54) is 29.0 Å². The number of thiazole rings is 1. The summed E-state index contributed by atoms with van der Waals surface area (Å²) in [6.45, 7) is 9.14. The first-order chi connectivity index (χ1) is 20.4. The summed E-state index contributed by atoms with van der Waals surface area (Å²) >= 11 is 1.20. The molecule has 0 spiro atoms. The van der Waals surface area contributed by atoms with Gasteiger partial charge in [0.2, 0.25) is 15.7 Å². The summed E-state index contributed by atoms with van der Waals surface area (Å²) < 4.78 is 52.6. The predicted molar refractivity (Wildman–Crippen MR) is 170 cm³/mol. The van der Waals surface area contributed by atoms with Gasteiger partial charge in [-0.3, -0.25) is 14.6 Å². The summed E-state index contributed by atoms with van der Waals surface area (Å²) in [7, 11) is -7.15. The molecule has 0 radical (unpaired) electrons. The van der Waals surface area contributed by atoms with Crippen molar-refractivity contribution in [3.05, 3.63) is 58.7 Å². The fourth-order valence-corrected chi connectivity index (χ4v) is 6.78. The Hall–Kier alpha value is -4.28. The van der Waals surface area contributed by atoms with Gasteiger partial charge in [0.05, 0.1) is 27.4 Å². The molecule has 0 saturated carbocycles. The number of aryl methyl sites for hydroxylation is 1. The summed E-state index contributed by atoms with van der Waals surface area (Å²) in [6, 6.07) is 11.3. The van der Waals surface area contributed by atoms with E-state index in [-0.39, 0.29) is 16.4 Å². The van der Waals surface area contributed by atoms with Crippen LogP contribution in [0.15, 0.2) is 57.6 Å². The number of carbonyl (C=O) groups is 1. The Morgan fingerprint density at radius 3 is 2.20 bits per heavy atom. The largest absolute Gasteiger partial charge is 0.294 e. The fraction of sp³-hybridized carbons (Fsp3) is 0.286. The van der Waals surface area contributed by atoms with Gasteiger partial charge in [-0.25, -0.2) is 26.8 Å². The van der Waals surface area contributed by atoms with E-state index in [9.17, 15) is 21.6 Å². The molecule has 3 aromatic heterocycles. The van der Waals surface area contributed by atoms with E-state index < -0.39 is 25.3 Å². The van der Waals surface area contributed by atoms with Gasteiger partial charge in [0.25, 0.3) is 0 Å². The van der Waals surface area contributed by atoms with Crippen molar-refractivity contribution in [3.8, 4) is 22.0 Å². The van der Waals surface area contributed by atoms with Gasteiger partial charge in [0.15, 0.2) is 27.1 Å². The maximum Gasteiger partial charge on any atom is 0.229 e. The second kappa shape index (κ2) is 11.0. The van der Waals surface area contributed by atoms with Crippen LogP contribution < -0.4 is 4.72 Å². The summed E-state index contributed by atoms with van der Waals surface area (Å²) in [5.74, 6) is 0.258. The third-order valence-corrected chi connectivity index (χ3v) is 9.49. The molecule has 3 heterocycles. The van der Waals surface area contributed by atoms with Crippen LogP contribution in [0.1, 0.15) is 48.8 Å². The molecule has 0 aliphatic heterocycles. The van der Waals surface area contributed by atoms with Crippen LogP contribution in [0.25, 0.3) is 27.6 Å². The number of aromatic amines is 1. The first-order valence-electron chi connectivity index (χ1n) is 13.2. The molecule has 44 heavy (non-hydrogen) atoms. The molecule has 230 valence electrons. The molecule has 0 saturated heterocycles. The highest BCUT2D eigenvalue weighted by molar-refractivity contribution is 7.92. The number of rotatable bonds is 8. The standard InChI is InChI=1S/C28H30N8O5S3/c1-15-23(16(2)37)42-27(29-15)18-10-13-20(21(14-18)43(6,38)39)31-32-22-24(28(3,4)5)33-36-26(22)30-25(34-36)17-8-11-19(12-9-17)35-44(7,40)41/h8-14,33,35H,1-7H3. The zero-order chi connectivity index (χ0) is 32.2. The average Bonchev–Trinajstić information content (AvgIpc) is 3.59. The Kier molecular flexibility index (Phi) is 7.80. The van der Waals surface area contributed by atoms with E-state index >= 15 is 0 Å². The van der Waals surface area contributed by atoms with Crippen molar-refractivity contribution in [2.75, 3.05) is 17.2 Å². The molecule has 0 fully saturated rings. The average molecular weight is 655 g/mol. The van der Waals surface area contributed by atoms with Crippen molar-refractivity contribution < 1.29 is 21.6 Å². The number of carbonyl (C=O) groups excluding carboxylic acids is 1. The summed E-state index contributed by atoms with van der Waals surface area (Å²) in [5.41, 5.74) is 3.33. The van der Waals surface area contributed by atoms with Gasteiger partial charge in [-0.15, -0.1) is 26.7 Å². The minimum Gasteiger partial charge on any atom is -0.294 e. The predicted octanol–water partition coefficient (Wildman–Crippen LogP) is 5.85. The lowest BCUT2D eigenvalue weighted by atomic mass is 9.91. The number of sulfone groups is 1. The van der Waals surface area contributed by atoms with Gasteiger partial charge >= 0.3 is 0 Å². The number of benzene rings is 2. The smallest absolute Gasteiger partial charge is 0.229 e. The number of Topliss-reactive ketones (excluding diaryl/α,β-unsaturated/α-hetero) is 1. The molecule has 2 N–H and O–H groups in total. The Bertz CT molecular complexity index is 2170. The number of nitrogens with one attached hydrogen (secondary N) is 2. The molecule has 0 unspecified atom stereocenters. The lowest BCUT2D eigenvalue weighted by Crippen LogP contribution is -2.12. The highest BCUT2D eigenvalue weighted by Gasteiger charge is 2.26. The lowest BCUT2D eigenvalue weighted by molar-refractivity contribution is 0.102. The van der Waals surface area contributed by atoms with Crippen molar-refractivity contribution in [1.82, 2.24) is 24.8 Å². The normalized spacial score (nSPS) is 12.8. The molecule has 0 bridgehead atoms. The lowest BCUT2D eigenvalue weighted by Gasteiger charge is -2.16. The molecule has 16 heteroatoms. The number of nitrogens with zero attached hydrogens (tertiary/aromatic N) is 6. The summed E-state index contributed by atoms with van der Waals surface area (Å²) in [6.07, 6.45) is 2.17. The second-order valence-electron chi connectivity index (χ2n) is 11.4. The van der Waals surface area contributed by atoms with Crippen LogP contribution in [-0.2, 0) is 25.3 Å². The zero-order valence-corrected chi connectivity index (χ0v) is 27.4. The topological polar surface area (TPSA) is 181 Å². The maximum atomic E-state index is 12.8. The molecule has 0 aliphatic rings. The van der Waals surface area contributed by atoms with Gasteiger partial charge in [-0.2, -0.15) is 4.63 Å². The quantitative estimate of drug-likeness (QED) is 0.154. The Morgan fingerprint density at radius 1 is 0.977 bits per heavy atom. The number of H-pyrrole nitrogens is 1. The fourth-order valence-electron chi connectivity index (χ4n) is 4.43. The number of sulfonamides is 1. The number of aromatic nitrogens is 5. The minimum atomic E-state index is -3.73. The molecule has 5 aromatic rings. The van der Waals surface area contributed by atoms with E-state index in [1.807, 2.05) is 20.8 Å². The minimum absolute atomic E-state index is 0.0372. The third kappa shape index (κ3) is 6.46. The Labute approximate surface area is 258 Å². The summed E-state index contributed by atoms with van der Waals surface area (Å²) in [4.78, 5) is 21.5. The van der Waals surface area contributed by atoms with E-state index in [2.05, 4.69) is 35.1 Å². The second-order valence-corrected chi connectivity index (χ2v) is 16.1. The molecule has 13 nitrogen and oxygen atoms in total. The first-order valence-corrected chi connectivity index (χ1v) is 17.8. The van der Waals surface area contributed by atoms with Crippen LogP contribution in [0.2, 0.25) is 0 Å². The van der Waals surface area contributed by atoms with Crippen LogP contribution >= 0.6 is 11.3 Å².